The largest absolute Gasteiger partial charge is 0.416 e. The van der Waals surface area contributed by atoms with Gasteiger partial charge in [0.05, 0.1) is 16.8 Å². The summed E-state index contributed by atoms with van der Waals surface area (Å²) in [6.07, 6.45) is -4.53. The van der Waals surface area contributed by atoms with E-state index in [1.54, 1.807) is 32.3 Å². The molecular formula is C23H16F3N5O. The van der Waals surface area contributed by atoms with Crippen molar-refractivity contribution in [3.8, 4) is 34.5 Å². The van der Waals surface area contributed by atoms with Crippen LogP contribution < -0.4 is 5.73 Å². The van der Waals surface area contributed by atoms with Gasteiger partial charge in [0.25, 0.3) is 5.91 Å². The molecule has 0 bridgehead atoms. The molecule has 0 aliphatic rings. The van der Waals surface area contributed by atoms with Gasteiger partial charge in [0.2, 0.25) is 0 Å². The van der Waals surface area contributed by atoms with Crippen LogP contribution in [0.15, 0.2) is 48.5 Å². The highest BCUT2D eigenvalue weighted by atomic mass is 19.4. The number of amides is 1. The van der Waals surface area contributed by atoms with Crippen LogP contribution >= 0.6 is 0 Å². The van der Waals surface area contributed by atoms with Gasteiger partial charge >= 0.3 is 6.18 Å². The molecule has 1 heterocycles. The Bertz CT molecular complexity index is 1280. The van der Waals surface area contributed by atoms with Crippen LogP contribution in [0.5, 0.6) is 0 Å². The summed E-state index contributed by atoms with van der Waals surface area (Å²) in [5, 5.41) is 19.5. The molecule has 0 radical (unpaired) electrons. The Morgan fingerprint density at radius 2 is 1.62 bits per heavy atom. The molecule has 3 rings (SSSR count). The summed E-state index contributed by atoms with van der Waals surface area (Å²) in [6, 6.07) is 14.3. The number of nitriles is 2. The zero-order valence-corrected chi connectivity index (χ0v) is 17.0. The van der Waals surface area contributed by atoms with Gasteiger partial charge in [-0.25, -0.2) is 4.98 Å². The van der Waals surface area contributed by atoms with Crippen molar-refractivity contribution in [2.45, 2.75) is 6.18 Å². The number of anilines is 1. The summed E-state index contributed by atoms with van der Waals surface area (Å²) in [5.74, 6) is -0.448. The van der Waals surface area contributed by atoms with Gasteiger partial charge < -0.3 is 10.6 Å². The van der Waals surface area contributed by atoms with E-state index in [0.29, 0.717) is 11.1 Å². The molecule has 0 unspecified atom stereocenters. The van der Waals surface area contributed by atoms with Crippen molar-refractivity contribution in [3.05, 3.63) is 70.8 Å². The molecule has 0 saturated heterocycles. The molecule has 9 heteroatoms. The van der Waals surface area contributed by atoms with Gasteiger partial charge in [0, 0.05) is 30.8 Å². The number of pyridine rings is 1. The smallest absolute Gasteiger partial charge is 0.383 e. The van der Waals surface area contributed by atoms with Gasteiger partial charge in [-0.2, -0.15) is 23.7 Å². The number of halogens is 3. The number of hydrogen-bond acceptors (Lipinski definition) is 5. The van der Waals surface area contributed by atoms with Crippen molar-refractivity contribution in [1.29, 1.82) is 10.5 Å². The van der Waals surface area contributed by atoms with Crippen LogP contribution in [0.2, 0.25) is 0 Å². The quantitative estimate of drug-likeness (QED) is 0.654. The lowest BCUT2D eigenvalue weighted by Gasteiger charge is -2.15. The Hall–Kier alpha value is -4.37. The Balaban J connectivity index is 2.28. The zero-order chi connectivity index (χ0) is 23.6. The molecular weight excluding hydrogens is 419 g/mol. The monoisotopic (exact) mass is 435 g/mol. The predicted octanol–water partition coefficient (Wildman–Crippen LogP) is 4.46. The number of rotatable bonds is 3. The first-order valence-corrected chi connectivity index (χ1v) is 9.21. The van der Waals surface area contributed by atoms with Crippen molar-refractivity contribution in [2.24, 2.45) is 0 Å². The number of aromatic nitrogens is 1. The molecule has 0 spiro atoms. The molecule has 0 atom stereocenters. The lowest BCUT2D eigenvalue weighted by Crippen LogP contribution is -2.21. The molecule has 6 nitrogen and oxygen atoms in total. The van der Waals surface area contributed by atoms with E-state index in [1.165, 1.54) is 23.1 Å². The van der Waals surface area contributed by atoms with Crippen LogP contribution in [0, 0.1) is 22.7 Å². The molecule has 0 fully saturated rings. The second-order valence-electron chi connectivity index (χ2n) is 7.05. The standard InChI is InChI=1S/C23H16F3N5O/c1-31(2)22(32)15-5-3-4-14(10-15)20-17(11-27)19(18(12-28)21(29)30-20)13-6-8-16(9-7-13)23(24,25)26/h3-10H,1-2H3,(H2,29,30). The van der Waals surface area contributed by atoms with E-state index in [1.807, 2.05) is 12.1 Å². The van der Waals surface area contributed by atoms with Crippen molar-refractivity contribution < 1.29 is 18.0 Å². The Morgan fingerprint density at radius 3 is 2.16 bits per heavy atom. The maximum absolute atomic E-state index is 13.0. The molecule has 1 amide bonds. The number of nitrogen functional groups attached to an aromatic ring is 1. The lowest BCUT2D eigenvalue weighted by molar-refractivity contribution is -0.137. The van der Waals surface area contributed by atoms with Gasteiger partial charge in [0.1, 0.15) is 23.5 Å². The summed E-state index contributed by atoms with van der Waals surface area (Å²) >= 11 is 0. The third kappa shape index (κ3) is 4.09. The van der Waals surface area contributed by atoms with E-state index in [9.17, 15) is 28.5 Å². The molecule has 160 valence electrons. The number of alkyl halides is 3. The molecule has 2 aromatic carbocycles. The topological polar surface area (TPSA) is 107 Å². The first kappa shape index (κ1) is 22.3. The SMILES string of the molecule is CN(C)C(=O)c1cccc(-c2nc(N)c(C#N)c(-c3ccc(C(F)(F)F)cc3)c2C#N)c1. The third-order valence-corrected chi connectivity index (χ3v) is 4.74. The van der Waals surface area contributed by atoms with Crippen LogP contribution in [0.1, 0.15) is 27.0 Å². The molecule has 32 heavy (non-hydrogen) atoms. The fourth-order valence-corrected chi connectivity index (χ4v) is 3.21. The number of carbonyl (C=O) groups excluding carboxylic acids is 1. The fourth-order valence-electron chi connectivity index (χ4n) is 3.21. The van der Waals surface area contributed by atoms with Gasteiger partial charge in [-0.15, -0.1) is 0 Å². The van der Waals surface area contributed by atoms with Crippen molar-refractivity contribution in [1.82, 2.24) is 9.88 Å². The minimum atomic E-state index is -4.53. The van der Waals surface area contributed by atoms with Crippen LogP contribution in [0.4, 0.5) is 19.0 Å². The first-order valence-electron chi connectivity index (χ1n) is 9.21. The highest BCUT2D eigenvalue weighted by molar-refractivity contribution is 5.96. The van der Waals surface area contributed by atoms with Gasteiger partial charge in [0.15, 0.2) is 0 Å². The molecule has 0 aliphatic heterocycles. The number of nitrogens with two attached hydrogens (primary N) is 1. The number of benzene rings is 2. The highest BCUT2D eigenvalue weighted by Gasteiger charge is 2.30. The molecule has 1 aromatic heterocycles. The maximum Gasteiger partial charge on any atom is 0.416 e. The van der Waals surface area contributed by atoms with Gasteiger partial charge in [-0.05, 0) is 29.8 Å². The summed E-state index contributed by atoms with van der Waals surface area (Å²) in [6.45, 7) is 0. The molecule has 2 N–H and O–H groups in total. The molecule has 0 aliphatic carbocycles. The van der Waals surface area contributed by atoms with E-state index < -0.39 is 11.7 Å². The van der Waals surface area contributed by atoms with E-state index in [2.05, 4.69) is 4.98 Å². The zero-order valence-electron chi connectivity index (χ0n) is 17.0. The Kier molecular flexibility index (Phi) is 5.86. The van der Waals surface area contributed by atoms with Crippen molar-refractivity contribution >= 4 is 11.7 Å². The first-order chi connectivity index (χ1) is 15.1. The van der Waals surface area contributed by atoms with Crippen LogP contribution in [0.25, 0.3) is 22.4 Å². The Morgan fingerprint density at radius 1 is 1.00 bits per heavy atom. The second-order valence-corrected chi connectivity index (χ2v) is 7.05. The predicted molar refractivity (Wildman–Crippen MR) is 112 cm³/mol. The fraction of sp³-hybridized carbons (Fsp3) is 0.130. The third-order valence-electron chi connectivity index (χ3n) is 4.74. The van der Waals surface area contributed by atoms with Crippen LogP contribution in [-0.4, -0.2) is 29.9 Å². The van der Waals surface area contributed by atoms with E-state index in [-0.39, 0.29) is 39.7 Å². The van der Waals surface area contributed by atoms with Gasteiger partial charge in [-0.3, -0.25) is 4.79 Å². The Labute approximate surface area is 181 Å². The van der Waals surface area contributed by atoms with Crippen LogP contribution in [-0.2, 0) is 6.18 Å². The maximum atomic E-state index is 13.0. The summed E-state index contributed by atoms with van der Waals surface area (Å²) in [5.41, 5.74) is 6.11. The molecule has 0 saturated carbocycles. The minimum Gasteiger partial charge on any atom is -0.383 e. The second kappa shape index (κ2) is 8.40. The number of carbonyl (C=O) groups is 1. The summed E-state index contributed by atoms with van der Waals surface area (Å²) < 4.78 is 38.9. The van der Waals surface area contributed by atoms with Gasteiger partial charge in [-0.1, -0.05) is 24.3 Å². The van der Waals surface area contributed by atoms with Crippen molar-refractivity contribution in [2.75, 3.05) is 19.8 Å². The van der Waals surface area contributed by atoms with E-state index in [0.717, 1.165) is 12.1 Å². The normalized spacial score (nSPS) is 10.8. The average molecular weight is 435 g/mol. The number of nitrogens with zero attached hydrogens (tertiary/aromatic N) is 4. The van der Waals surface area contributed by atoms with Crippen molar-refractivity contribution in [3.63, 3.8) is 0 Å². The van der Waals surface area contributed by atoms with E-state index in [4.69, 9.17) is 5.73 Å². The van der Waals surface area contributed by atoms with Crippen LogP contribution in [0.3, 0.4) is 0 Å². The summed E-state index contributed by atoms with van der Waals surface area (Å²) in [4.78, 5) is 17.9. The average Bonchev–Trinajstić information content (AvgIpc) is 2.77. The highest BCUT2D eigenvalue weighted by Crippen LogP contribution is 2.37. The minimum absolute atomic E-state index is 0.0371. The lowest BCUT2D eigenvalue weighted by atomic mass is 9.91. The molecule has 3 aromatic rings. The van der Waals surface area contributed by atoms with E-state index >= 15 is 0 Å². The summed E-state index contributed by atoms with van der Waals surface area (Å²) in [7, 11) is 3.19. The number of hydrogen-bond donors (Lipinski definition) is 1.